The molecule has 0 amide bonds. The van der Waals surface area contributed by atoms with Crippen LogP contribution in [0, 0.1) is 0 Å². The normalized spacial score (nSPS) is 11.7. The summed E-state index contributed by atoms with van der Waals surface area (Å²) in [5.41, 5.74) is 0. The van der Waals surface area contributed by atoms with Gasteiger partial charge in [-0.25, -0.2) is 0 Å². The van der Waals surface area contributed by atoms with Gasteiger partial charge in [-0.1, -0.05) is 13.8 Å². The number of rotatable bonds is 12. The number of nitrogens with zero attached hydrogens (tertiary/aromatic N) is 3. The molecule has 0 rings (SSSR count). The van der Waals surface area contributed by atoms with E-state index in [1.165, 1.54) is 0 Å². The number of methoxy groups -OCH3 is 1. The van der Waals surface area contributed by atoms with Gasteiger partial charge < -0.3 is 25.2 Å². The number of halogens is 1. The summed E-state index contributed by atoms with van der Waals surface area (Å²) >= 11 is 0. The van der Waals surface area contributed by atoms with E-state index in [4.69, 9.17) is 4.74 Å². The number of guanidine groups is 1. The number of aliphatic imine (C=N–C) groups is 1. The zero-order valence-electron chi connectivity index (χ0n) is 15.0. The van der Waals surface area contributed by atoms with E-state index in [0.29, 0.717) is 0 Å². The van der Waals surface area contributed by atoms with Gasteiger partial charge in [0, 0.05) is 53.5 Å². The molecule has 7 heteroatoms. The van der Waals surface area contributed by atoms with Crippen LogP contribution in [0.15, 0.2) is 4.99 Å². The molecule has 0 atom stereocenters. The molecule has 0 saturated carbocycles. The first-order valence-corrected chi connectivity index (χ1v) is 8.02. The zero-order chi connectivity index (χ0) is 15.9. The lowest BCUT2D eigenvalue weighted by Crippen LogP contribution is -2.43. The largest absolute Gasteiger partial charge is 0.385 e. The van der Waals surface area contributed by atoms with Crippen molar-refractivity contribution in [2.45, 2.75) is 20.3 Å². The average Bonchev–Trinajstić information content (AvgIpc) is 2.50. The number of likely N-dealkylation sites (N-methyl/N-ethyl adjacent to an activating group) is 2. The first-order chi connectivity index (χ1) is 10.2. The molecule has 0 aliphatic heterocycles. The fraction of sp³-hybridized carbons (Fsp3) is 0.933. The van der Waals surface area contributed by atoms with E-state index >= 15 is 0 Å². The van der Waals surface area contributed by atoms with Crippen molar-refractivity contribution in [3.8, 4) is 0 Å². The second-order valence-corrected chi connectivity index (χ2v) is 5.10. The summed E-state index contributed by atoms with van der Waals surface area (Å²) < 4.78 is 5.06. The molecule has 22 heavy (non-hydrogen) atoms. The number of hydrogen-bond acceptors (Lipinski definition) is 4. The molecule has 6 nitrogen and oxygen atoms in total. The van der Waals surface area contributed by atoms with Crippen LogP contribution in [0.25, 0.3) is 0 Å². The summed E-state index contributed by atoms with van der Waals surface area (Å²) in [4.78, 5) is 8.94. The third-order valence-electron chi connectivity index (χ3n) is 3.51. The van der Waals surface area contributed by atoms with Crippen LogP contribution in [0.3, 0.4) is 0 Å². The van der Waals surface area contributed by atoms with Crippen LogP contribution in [-0.4, -0.2) is 89.4 Å². The maximum absolute atomic E-state index is 5.06. The fourth-order valence-corrected chi connectivity index (χ4v) is 2.05. The molecule has 2 N–H and O–H groups in total. The van der Waals surface area contributed by atoms with Crippen molar-refractivity contribution in [1.82, 2.24) is 20.4 Å². The Morgan fingerprint density at radius 1 is 1.05 bits per heavy atom. The van der Waals surface area contributed by atoms with Gasteiger partial charge in [0.2, 0.25) is 0 Å². The molecule has 0 heterocycles. The summed E-state index contributed by atoms with van der Waals surface area (Å²) in [5.74, 6) is 0.882. The van der Waals surface area contributed by atoms with Gasteiger partial charge in [-0.2, -0.15) is 0 Å². The van der Waals surface area contributed by atoms with E-state index < -0.39 is 0 Å². The molecule has 0 aromatic carbocycles. The van der Waals surface area contributed by atoms with Crippen LogP contribution in [0.4, 0.5) is 0 Å². The van der Waals surface area contributed by atoms with Crippen LogP contribution in [0.5, 0.6) is 0 Å². The van der Waals surface area contributed by atoms with E-state index in [-0.39, 0.29) is 24.0 Å². The molecule has 0 saturated heterocycles. The van der Waals surface area contributed by atoms with Crippen molar-refractivity contribution in [1.29, 1.82) is 0 Å². The van der Waals surface area contributed by atoms with Crippen molar-refractivity contribution >= 4 is 29.9 Å². The topological polar surface area (TPSA) is 52.1 Å². The highest BCUT2D eigenvalue weighted by atomic mass is 127. The molecular formula is C15H36IN5O. The lowest BCUT2D eigenvalue weighted by Gasteiger charge is -2.20. The van der Waals surface area contributed by atoms with Gasteiger partial charge in [-0.15, -0.1) is 24.0 Å². The minimum Gasteiger partial charge on any atom is -0.385 e. The fourth-order valence-electron chi connectivity index (χ4n) is 2.05. The number of ether oxygens (including phenoxy) is 1. The second-order valence-electron chi connectivity index (χ2n) is 5.10. The van der Waals surface area contributed by atoms with Gasteiger partial charge >= 0.3 is 0 Å². The van der Waals surface area contributed by atoms with Crippen molar-refractivity contribution in [3.05, 3.63) is 0 Å². The third-order valence-corrected chi connectivity index (χ3v) is 3.51. The second kappa shape index (κ2) is 17.2. The number of nitrogens with one attached hydrogen (secondary N) is 2. The Balaban J connectivity index is 0. The Bertz CT molecular complexity index is 262. The molecule has 0 aromatic rings. The van der Waals surface area contributed by atoms with Crippen LogP contribution in [-0.2, 0) is 4.74 Å². The Morgan fingerprint density at radius 3 is 2.14 bits per heavy atom. The Kier molecular flexibility index (Phi) is 18.9. The first-order valence-electron chi connectivity index (χ1n) is 8.02. The predicted molar refractivity (Wildman–Crippen MR) is 107 cm³/mol. The number of hydrogen-bond donors (Lipinski definition) is 2. The van der Waals surface area contributed by atoms with Crippen LogP contribution in [0.1, 0.15) is 20.3 Å². The molecule has 0 aliphatic carbocycles. The summed E-state index contributed by atoms with van der Waals surface area (Å²) in [6, 6.07) is 0. The Hall–Kier alpha value is -0.120. The quantitative estimate of drug-likeness (QED) is 0.211. The van der Waals surface area contributed by atoms with Gasteiger partial charge in [0.1, 0.15) is 0 Å². The maximum atomic E-state index is 5.06. The maximum Gasteiger partial charge on any atom is 0.191 e. The molecule has 0 aliphatic rings. The third kappa shape index (κ3) is 13.5. The summed E-state index contributed by atoms with van der Waals surface area (Å²) in [6.07, 6.45) is 1.07. The molecule has 0 aromatic heterocycles. The molecule has 0 unspecified atom stereocenters. The molecule has 0 radical (unpaired) electrons. The lowest BCUT2D eigenvalue weighted by molar-refractivity contribution is 0.180. The highest BCUT2D eigenvalue weighted by Crippen LogP contribution is 1.87. The molecule has 0 fully saturated rings. The van der Waals surface area contributed by atoms with E-state index in [1.807, 2.05) is 7.05 Å². The Morgan fingerprint density at radius 2 is 1.64 bits per heavy atom. The van der Waals surface area contributed by atoms with Gasteiger partial charge in [0.15, 0.2) is 5.96 Å². The monoisotopic (exact) mass is 429 g/mol. The van der Waals surface area contributed by atoms with Crippen LogP contribution >= 0.6 is 24.0 Å². The van der Waals surface area contributed by atoms with E-state index in [0.717, 1.165) is 64.8 Å². The van der Waals surface area contributed by atoms with Crippen molar-refractivity contribution in [3.63, 3.8) is 0 Å². The molecule has 0 bridgehead atoms. The van der Waals surface area contributed by atoms with Crippen LogP contribution < -0.4 is 10.6 Å². The molecular weight excluding hydrogens is 393 g/mol. The molecule has 134 valence electrons. The van der Waals surface area contributed by atoms with E-state index in [1.54, 1.807) is 7.11 Å². The van der Waals surface area contributed by atoms with Gasteiger partial charge in [-0.3, -0.25) is 4.99 Å². The van der Waals surface area contributed by atoms with Crippen molar-refractivity contribution < 1.29 is 4.74 Å². The van der Waals surface area contributed by atoms with Gasteiger partial charge in [0.05, 0.1) is 0 Å². The average molecular weight is 429 g/mol. The summed E-state index contributed by atoms with van der Waals surface area (Å²) in [5, 5.41) is 6.70. The minimum atomic E-state index is 0. The standard InChI is InChI=1S/C15H35N5O.HI/c1-6-20(7-2)13-10-18-15(16-3)17-9-12-19(4)11-8-14-21-5;/h6-14H2,1-5H3,(H2,16,17,18);1H. The van der Waals surface area contributed by atoms with Gasteiger partial charge in [0.25, 0.3) is 0 Å². The van der Waals surface area contributed by atoms with Crippen LogP contribution in [0.2, 0.25) is 0 Å². The predicted octanol–water partition coefficient (Wildman–Crippen LogP) is 1.08. The Labute approximate surface area is 154 Å². The zero-order valence-corrected chi connectivity index (χ0v) is 17.4. The molecule has 0 spiro atoms. The highest BCUT2D eigenvalue weighted by Gasteiger charge is 2.02. The smallest absolute Gasteiger partial charge is 0.191 e. The van der Waals surface area contributed by atoms with Crippen molar-refractivity contribution in [2.75, 3.05) is 73.6 Å². The first kappa shape index (κ1) is 24.1. The van der Waals surface area contributed by atoms with E-state index in [2.05, 4.69) is 46.3 Å². The SMILES string of the molecule is CCN(CC)CCNC(=NC)NCCN(C)CCCOC.I. The van der Waals surface area contributed by atoms with Gasteiger partial charge in [-0.05, 0) is 26.6 Å². The lowest BCUT2D eigenvalue weighted by atomic mass is 10.4. The van der Waals surface area contributed by atoms with Crippen molar-refractivity contribution in [2.24, 2.45) is 4.99 Å². The van der Waals surface area contributed by atoms with E-state index in [9.17, 15) is 0 Å². The minimum absolute atomic E-state index is 0. The highest BCUT2D eigenvalue weighted by molar-refractivity contribution is 14.0. The summed E-state index contributed by atoms with van der Waals surface area (Å²) in [6.45, 7) is 12.3. The summed E-state index contributed by atoms with van der Waals surface area (Å²) in [7, 11) is 5.69.